The predicted molar refractivity (Wildman–Crippen MR) is 75.9 cm³/mol. The van der Waals surface area contributed by atoms with Crippen LogP contribution in [0.2, 0.25) is 5.02 Å². The Kier molecular flexibility index (Phi) is 4.05. The minimum Gasteiger partial charge on any atom is -0.373 e. The van der Waals surface area contributed by atoms with Gasteiger partial charge in [0.05, 0.1) is 18.8 Å². The van der Waals surface area contributed by atoms with Gasteiger partial charge in [0, 0.05) is 17.6 Å². The lowest BCUT2D eigenvalue weighted by Gasteiger charge is -2.38. The van der Waals surface area contributed by atoms with Crippen molar-refractivity contribution in [1.29, 1.82) is 0 Å². The maximum absolute atomic E-state index is 6.01. The van der Waals surface area contributed by atoms with Crippen LogP contribution in [0, 0.1) is 0 Å². The summed E-state index contributed by atoms with van der Waals surface area (Å²) in [6.07, 6.45) is 2.64. The van der Waals surface area contributed by atoms with Crippen LogP contribution in [0.15, 0.2) is 24.3 Å². The summed E-state index contributed by atoms with van der Waals surface area (Å²) in [4.78, 5) is 2.52. The molecule has 0 aliphatic carbocycles. The van der Waals surface area contributed by atoms with Gasteiger partial charge < -0.3 is 4.74 Å². The molecular weight excluding hydrogens is 262 g/mol. The van der Waals surface area contributed by atoms with Crippen molar-refractivity contribution in [2.24, 2.45) is 5.84 Å². The van der Waals surface area contributed by atoms with Crippen LogP contribution in [0.25, 0.3) is 0 Å². The van der Waals surface area contributed by atoms with Crippen molar-refractivity contribution in [2.75, 3.05) is 19.7 Å². The molecule has 1 aromatic carbocycles. The number of nitrogens with one attached hydrogen (secondary N) is 1. The van der Waals surface area contributed by atoms with Crippen LogP contribution in [0.4, 0.5) is 0 Å². The highest BCUT2D eigenvalue weighted by atomic mass is 35.5. The summed E-state index contributed by atoms with van der Waals surface area (Å²) < 4.78 is 6.01. The Bertz CT molecular complexity index is 425. The molecule has 3 rings (SSSR count). The number of hydrogen-bond acceptors (Lipinski definition) is 4. The summed E-state index contributed by atoms with van der Waals surface area (Å²) in [7, 11) is 0. The number of hydrogen-bond donors (Lipinski definition) is 2. The van der Waals surface area contributed by atoms with E-state index in [-0.39, 0.29) is 12.1 Å². The maximum Gasteiger partial charge on any atom is 0.0910 e. The van der Waals surface area contributed by atoms with E-state index in [0.717, 1.165) is 23.7 Å². The second-order valence-electron chi connectivity index (χ2n) is 5.36. The molecule has 0 saturated carbocycles. The van der Waals surface area contributed by atoms with Gasteiger partial charge in [0.2, 0.25) is 0 Å². The van der Waals surface area contributed by atoms with Crippen LogP contribution in [0.3, 0.4) is 0 Å². The molecule has 3 atom stereocenters. The first-order valence-electron chi connectivity index (χ1n) is 6.85. The lowest BCUT2D eigenvalue weighted by molar-refractivity contribution is -0.0653. The van der Waals surface area contributed by atoms with Gasteiger partial charge in [-0.2, -0.15) is 0 Å². The highest BCUT2D eigenvalue weighted by Gasteiger charge is 2.35. The van der Waals surface area contributed by atoms with Gasteiger partial charge in [0.15, 0.2) is 0 Å². The minimum absolute atomic E-state index is 0.0128. The van der Waals surface area contributed by atoms with Gasteiger partial charge in [-0.25, -0.2) is 0 Å². The van der Waals surface area contributed by atoms with Crippen molar-refractivity contribution < 1.29 is 4.74 Å². The number of rotatable bonds is 3. The zero-order chi connectivity index (χ0) is 13.2. The number of ether oxygens (including phenoxy) is 1. The largest absolute Gasteiger partial charge is 0.373 e. The van der Waals surface area contributed by atoms with Crippen molar-refractivity contribution in [1.82, 2.24) is 10.3 Å². The van der Waals surface area contributed by atoms with Gasteiger partial charge in [-0.05, 0) is 37.1 Å². The molecule has 3 N–H and O–H groups in total. The monoisotopic (exact) mass is 281 g/mol. The lowest BCUT2D eigenvalue weighted by Crippen LogP contribution is -2.51. The summed E-state index contributed by atoms with van der Waals surface area (Å²) in [5, 5.41) is 0.740. The van der Waals surface area contributed by atoms with Crippen molar-refractivity contribution >= 4 is 11.6 Å². The smallest absolute Gasteiger partial charge is 0.0910 e. The van der Waals surface area contributed by atoms with E-state index in [2.05, 4.69) is 10.3 Å². The molecule has 0 aromatic heterocycles. The highest BCUT2D eigenvalue weighted by Crippen LogP contribution is 2.28. The van der Waals surface area contributed by atoms with Crippen molar-refractivity contribution in [3.05, 3.63) is 34.9 Å². The standard InChI is InChI=1S/C14H20ClN3O/c15-11-5-3-10(4-6-11)14(17-16)13-8-18-7-1-2-12(18)9-19-13/h3-6,12-14,17H,1-2,7-9,16H2. The molecule has 4 nitrogen and oxygen atoms in total. The van der Waals surface area contributed by atoms with Crippen molar-refractivity contribution in [3.63, 3.8) is 0 Å². The van der Waals surface area contributed by atoms with Crippen LogP contribution < -0.4 is 11.3 Å². The fourth-order valence-electron chi connectivity index (χ4n) is 3.13. The van der Waals surface area contributed by atoms with Gasteiger partial charge in [0.25, 0.3) is 0 Å². The third-order valence-electron chi connectivity index (χ3n) is 4.20. The second kappa shape index (κ2) is 5.77. The molecule has 5 heteroatoms. The number of nitrogens with zero attached hydrogens (tertiary/aromatic N) is 1. The normalized spacial score (nSPS) is 29.2. The molecule has 2 heterocycles. The molecule has 2 aliphatic heterocycles. The van der Waals surface area contributed by atoms with Crippen LogP contribution >= 0.6 is 11.6 Å². The second-order valence-corrected chi connectivity index (χ2v) is 5.80. The number of morpholine rings is 1. The van der Waals surface area contributed by atoms with Crippen LogP contribution in [-0.2, 0) is 4.74 Å². The number of fused-ring (bicyclic) bond motifs is 1. The Labute approximate surface area is 118 Å². The van der Waals surface area contributed by atoms with Crippen LogP contribution in [0.1, 0.15) is 24.4 Å². The SMILES string of the molecule is NNC(c1ccc(Cl)cc1)C1CN2CCCC2CO1. The van der Waals surface area contributed by atoms with Gasteiger partial charge in [-0.3, -0.25) is 16.2 Å². The molecule has 2 aliphatic rings. The van der Waals surface area contributed by atoms with Gasteiger partial charge in [-0.15, -0.1) is 0 Å². The van der Waals surface area contributed by atoms with Crippen molar-refractivity contribution in [2.45, 2.75) is 31.0 Å². The number of nitrogens with two attached hydrogens (primary N) is 1. The fourth-order valence-corrected chi connectivity index (χ4v) is 3.26. The zero-order valence-electron chi connectivity index (χ0n) is 10.9. The predicted octanol–water partition coefficient (Wildman–Crippen LogP) is 1.71. The summed E-state index contributed by atoms with van der Waals surface area (Å²) in [5.41, 5.74) is 4.01. The zero-order valence-corrected chi connectivity index (χ0v) is 11.6. The van der Waals surface area contributed by atoms with E-state index in [1.807, 2.05) is 24.3 Å². The Morgan fingerprint density at radius 3 is 2.89 bits per heavy atom. The Morgan fingerprint density at radius 2 is 2.16 bits per heavy atom. The lowest BCUT2D eigenvalue weighted by atomic mass is 10.00. The number of halogens is 1. The van der Waals surface area contributed by atoms with Crippen LogP contribution in [0.5, 0.6) is 0 Å². The van der Waals surface area contributed by atoms with E-state index in [9.17, 15) is 0 Å². The average Bonchev–Trinajstić information content (AvgIpc) is 2.89. The first-order valence-corrected chi connectivity index (χ1v) is 7.23. The molecular formula is C14H20ClN3O. The van der Waals surface area contributed by atoms with E-state index in [1.54, 1.807) is 0 Å². The summed E-state index contributed by atoms with van der Waals surface area (Å²) in [6, 6.07) is 8.42. The average molecular weight is 282 g/mol. The topological polar surface area (TPSA) is 50.5 Å². The molecule has 104 valence electrons. The summed E-state index contributed by atoms with van der Waals surface area (Å²) >= 11 is 5.93. The van der Waals surface area contributed by atoms with Crippen LogP contribution in [-0.4, -0.2) is 36.7 Å². The van der Waals surface area contributed by atoms with Gasteiger partial charge in [0.1, 0.15) is 0 Å². The molecule has 0 spiro atoms. The Hall–Kier alpha value is -0.650. The molecule has 3 unspecified atom stereocenters. The number of hydrazine groups is 1. The van der Waals surface area contributed by atoms with E-state index in [1.165, 1.54) is 19.4 Å². The van der Waals surface area contributed by atoms with E-state index < -0.39 is 0 Å². The molecule has 0 radical (unpaired) electrons. The van der Waals surface area contributed by atoms with E-state index >= 15 is 0 Å². The summed E-state index contributed by atoms with van der Waals surface area (Å²) in [5.74, 6) is 5.73. The quantitative estimate of drug-likeness (QED) is 0.654. The van der Waals surface area contributed by atoms with Gasteiger partial charge in [-0.1, -0.05) is 23.7 Å². The maximum atomic E-state index is 6.01. The van der Waals surface area contributed by atoms with E-state index in [4.69, 9.17) is 22.2 Å². The Morgan fingerprint density at radius 1 is 1.37 bits per heavy atom. The van der Waals surface area contributed by atoms with E-state index in [0.29, 0.717) is 6.04 Å². The molecule has 2 saturated heterocycles. The molecule has 1 aromatic rings. The molecule has 0 amide bonds. The first-order chi connectivity index (χ1) is 9.28. The third-order valence-corrected chi connectivity index (χ3v) is 4.45. The van der Waals surface area contributed by atoms with Gasteiger partial charge >= 0.3 is 0 Å². The highest BCUT2D eigenvalue weighted by molar-refractivity contribution is 6.30. The number of benzene rings is 1. The molecule has 19 heavy (non-hydrogen) atoms. The molecule has 2 fully saturated rings. The first kappa shape index (κ1) is 13.3. The third kappa shape index (κ3) is 2.78. The minimum atomic E-state index is 0.0128. The summed E-state index contributed by atoms with van der Waals surface area (Å²) in [6.45, 7) is 2.95. The van der Waals surface area contributed by atoms with Crippen molar-refractivity contribution in [3.8, 4) is 0 Å². The molecule has 0 bridgehead atoms. The fraction of sp³-hybridized carbons (Fsp3) is 0.571. The Balaban J connectivity index is 1.73.